The molecule has 0 radical (unpaired) electrons. The Kier molecular flexibility index (Phi) is 7.19. The van der Waals surface area contributed by atoms with Crippen LogP contribution in [0.25, 0.3) is 0 Å². The summed E-state index contributed by atoms with van der Waals surface area (Å²) in [6.07, 6.45) is 3.07. The van der Waals surface area contributed by atoms with Crippen LogP contribution in [0.4, 0.5) is 0 Å². The van der Waals surface area contributed by atoms with E-state index < -0.39 is 5.60 Å². The van der Waals surface area contributed by atoms with Crippen molar-refractivity contribution in [3.63, 3.8) is 0 Å². The number of hydrogen-bond donors (Lipinski definition) is 1. The molecule has 1 fully saturated rings. The fraction of sp³-hybridized carbons (Fsp3) is 0.667. The van der Waals surface area contributed by atoms with Gasteiger partial charge in [0, 0.05) is 13.2 Å². The van der Waals surface area contributed by atoms with Gasteiger partial charge in [0.25, 0.3) is 0 Å². The number of rotatable bonds is 2. The Balaban J connectivity index is 0.000000333. The number of esters is 1. The summed E-state index contributed by atoms with van der Waals surface area (Å²) in [4.78, 5) is 13.9. The lowest BCUT2D eigenvalue weighted by Gasteiger charge is -2.34. The van der Waals surface area contributed by atoms with Crippen LogP contribution < -0.4 is 5.73 Å². The van der Waals surface area contributed by atoms with Crippen molar-refractivity contribution in [1.29, 1.82) is 0 Å². The molecule has 2 heterocycles. The Morgan fingerprint density at radius 2 is 2.00 bits per heavy atom. The summed E-state index contributed by atoms with van der Waals surface area (Å²) < 4.78 is 5.37. The van der Waals surface area contributed by atoms with Crippen LogP contribution in [0.2, 0.25) is 0 Å². The molecule has 20 heavy (non-hydrogen) atoms. The fourth-order valence-corrected chi connectivity index (χ4v) is 2.53. The van der Waals surface area contributed by atoms with Crippen LogP contribution in [0.1, 0.15) is 40.0 Å². The molecule has 114 valence electrons. The summed E-state index contributed by atoms with van der Waals surface area (Å²) in [5.74, 6) is -0.132. The van der Waals surface area contributed by atoms with Crippen molar-refractivity contribution < 1.29 is 9.53 Å². The molecule has 2 rings (SSSR count). The molecule has 2 N–H and O–H groups in total. The molecular weight excluding hydrogens is 272 g/mol. The maximum absolute atomic E-state index is 11.9. The van der Waals surface area contributed by atoms with E-state index >= 15 is 0 Å². The molecule has 0 amide bonds. The number of nitrogens with two attached hydrogens (primary N) is 1. The zero-order valence-electron chi connectivity index (χ0n) is 12.7. The van der Waals surface area contributed by atoms with Crippen molar-refractivity contribution in [2.45, 2.75) is 51.7 Å². The Morgan fingerprint density at radius 1 is 1.35 bits per heavy atom. The van der Waals surface area contributed by atoms with Gasteiger partial charge in [-0.3, -0.25) is 9.69 Å². The zero-order chi connectivity index (χ0) is 15.0. The van der Waals surface area contributed by atoms with Gasteiger partial charge in [-0.2, -0.15) is 11.3 Å². The number of piperidine rings is 1. The number of likely N-dealkylation sites (tertiary alicyclic amines) is 1. The van der Waals surface area contributed by atoms with Crippen LogP contribution in [-0.4, -0.2) is 35.7 Å². The minimum absolute atomic E-state index is 0.132. The second kappa shape index (κ2) is 8.39. The monoisotopic (exact) mass is 298 g/mol. The lowest BCUT2D eigenvalue weighted by molar-refractivity contribution is -0.162. The smallest absolute Gasteiger partial charge is 0.323 e. The molecule has 0 aromatic carbocycles. The van der Waals surface area contributed by atoms with Gasteiger partial charge in [0.2, 0.25) is 0 Å². The summed E-state index contributed by atoms with van der Waals surface area (Å²) >= 11 is 1.71. The van der Waals surface area contributed by atoms with E-state index in [1.54, 1.807) is 11.3 Å². The highest BCUT2D eigenvalue weighted by atomic mass is 32.1. The number of thiophene rings is 1. The molecule has 0 aliphatic carbocycles. The average molecular weight is 298 g/mol. The molecule has 1 aromatic rings. The predicted octanol–water partition coefficient (Wildman–Crippen LogP) is 2.85. The summed E-state index contributed by atoms with van der Waals surface area (Å²) in [7, 11) is 0. The standard InChI is InChI=1S/C11H22N2O2.C4H4S/c1-11(2,3)15-10(14)9-6-4-5-7-13(9)8-12;1-2-4-5-3-1/h9H,4-8,12H2,1-3H3;1-4H. The second-order valence-electron chi connectivity index (χ2n) is 5.83. The van der Waals surface area contributed by atoms with Crippen LogP contribution in [0.5, 0.6) is 0 Å². The van der Waals surface area contributed by atoms with Gasteiger partial charge < -0.3 is 10.5 Å². The number of carbonyl (C=O) groups is 1. The minimum Gasteiger partial charge on any atom is -0.459 e. The lowest BCUT2D eigenvalue weighted by Crippen LogP contribution is -2.49. The molecule has 1 aliphatic rings. The van der Waals surface area contributed by atoms with Crippen molar-refractivity contribution >= 4 is 17.3 Å². The predicted molar refractivity (Wildman–Crippen MR) is 83.6 cm³/mol. The minimum atomic E-state index is -0.408. The zero-order valence-corrected chi connectivity index (χ0v) is 13.5. The van der Waals surface area contributed by atoms with E-state index in [-0.39, 0.29) is 12.0 Å². The van der Waals surface area contributed by atoms with Gasteiger partial charge in [0.05, 0.1) is 0 Å². The first kappa shape index (κ1) is 17.1. The van der Waals surface area contributed by atoms with E-state index in [0.717, 1.165) is 25.8 Å². The van der Waals surface area contributed by atoms with Gasteiger partial charge in [-0.25, -0.2) is 0 Å². The maximum atomic E-state index is 11.9. The SMILES string of the molecule is CC(C)(C)OC(=O)C1CCCCN1CN.c1ccsc1. The third kappa shape index (κ3) is 6.50. The van der Waals surface area contributed by atoms with E-state index in [4.69, 9.17) is 10.5 Å². The molecule has 1 saturated heterocycles. The Morgan fingerprint density at radius 3 is 2.45 bits per heavy atom. The van der Waals surface area contributed by atoms with E-state index in [1.165, 1.54) is 0 Å². The number of nitrogens with zero attached hydrogens (tertiary/aromatic N) is 1. The van der Waals surface area contributed by atoms with Gasteiger partial charge in [0.15, 0.2) is 0 Å². The van der Waals surface area contributed by atoms with Crippen molar-refractivity contribution in [1.82, 2.24) is 4.90 Å². The van der Waals surface area contributed by atoms with Crippen LogP contribution in [-0.2, 0) is 9.53 Å². The summed E-state index contributed by atoms with van der Waals surface area (Å²) in [6, 6.07) is 3.90. The number of hydrogen-bond acceptors (Lipinski definition) is 5. The molecular formula is C15H26N2O2S. The third-order valence-corrected chi connectivity index (χ3v) is 3.58. The topological polar surface area (TPSA) is 55.6 Å². The van der Waals surface area contributed by atoms with Crippen LogP contribution in [0.3, 0.4) is 0 Å². The van der Waals surface area contributed by atoms with E-state index in [9.17, 15) is 4.79 Å². The van der Waals surface area contributed by atoms with Crippen LogP contribution in [0.15, 0.2) is 22.9 Å². The number of carbonyl (C=O) groups excluding carboxylic acids is 1. The number of ether oxygens (including phenoxy) is 1. The molecule has 4 nitrogen and oxygen atoms in total. The first-order valence-corrected chi connectivity index (χ1v) is 8.02. The fourth-order valence-electron chi connectivity index (χ4n) is 2.07. The van der Waals surface area contributed by atoms with Gasteiger partial charge in [-0.1, -0.05) is 18.6 Å². The summed E-state index contributed by atoms with van der Waals surface area (Å²) in [6.45, 7) is 7.01. The van der Waals surface area contributed by atoms with Crippen LogP contribution in [0, 0.1) is 0 Å². The van der Waals surface area contributed by atoms with Gasteiger partial charge in [-0.15, -0.1) is 0 Å². The van der Waals surface area contributed by atoms with E-state index in [0.29, 0.717) is 6.67 Å². The normalized spacial score (nSPS) is 19.9. The molecule has 5 heteroatoms. The van der Waals surface area contributed by atoms with Gasteiger partial charge in [-0.05, 0) is 44.4 Å². The molecule has 1 aromatic heterocycles. The Labute approximate surface area is 125 Å². The maximum Gasteiger partial charge on any atom is 0.323 e. The molecule has 1 unspecified atom stereocenters. The first-order valence-electron chi connectivity index (χ1n) is 7.08. The Hall–Kier alpha value is -0.910. The average Bonchev–Trinajstić information content (AvgIpc) is 2.95. The van der Waals surface area contributed by atoms with E-state index in [2.05, 4.69) is 0 Å². The van der Waals surface area contributed by atoms with Crippen molar-refractivity contribution in [2.24, 2.45) is 5.73 Å². The molecule has 1 aliphatic heterocycles. The van der Waals surface area contributed by atoms with Gasteiger partial charge >= 0.3 is 5.97 Å². The molecule has 0 saturated carbocycles. The lowest BCUT2D eigenvalue weighted by atomic mass is 10.0. The highest BCUT2D eigenvalue weighted by Crippen LogP contribution is 2.19. The highest BCUT2D eigenvalue weighted by molar-refractivity contribution is 7.07. The quantitative estimate of drug-likeness (QED) is 0.853. The molecule has 1 atom stereocenters. The van der Waals surface area contributed by atoms with Crippen molar-refractivity contribution in [3.8, 4) is 0 Å². The van der Waals surface area contributed by atoms with Crippen molar-refractivity contribution in [2.75, 3.05) is 13.2 Å². The van der Waals surface area contributed by atoms with Crippen molar-refractivity contribution in [3.05, 3.63) is 22.9 Å². The Bertz CT molecular complexity index is 357. The van der Waals surface area contributed by atoms with E-state index in [1.807, 2.05) is 48.6 Å². The summed E-state index contributed by atoms with van der Waals surface area (Å²) in [5.41, 5.74) is 5.21. The summed E-state index contributed by atoms with van der Waals surface area (Å²) in [5, 5.41) is 4.08. The van der Waals surface area contributed by atoms with Gasteiger partial charge in [0.1, 0.15) is 11.6 Å². The third-order valence-electron chi connectivity index (χ3n) is 2.95. The molecule has 0 bridgehead atoms. The largest absolute Gasteiger partial charge is 0.459 e. The van der Waals surface area contributed by atoms with Crippen LogP contribution >= 0.6 is 11.3 Å². The highest BCUT2D eigenvalue weighted by Gasteiger charge is 2.31. The molecule has 0 spiro atoms. The second-order valence-corrected chi connectivity index (χ2v) is 6.65. The first-order chi connectivity index (χ1) is 9.44.